The van der Waals surface area contributed by atoms with Gasteiger partial charge in [-0.1, -0.05) is 11.6 Å². The van der Waals surface area contributed by atoms with Gasteiger partial charge in [-0.2, -0.15) is 5.10 Å². The Labute approximate surface area is 121 Å². The summed E-state index contributed by atoms with van der Waals surface area (Å²) in [4.78, 5) is 0. The molecule has 1 aromatic heterocycles. The van der Waals surface area contributed by atoms with Gasteiger partial charge in [0.15, 0.2) is 0 Å². The molecular formula is C14H16ClF2N3. The molecule has 20 heavy (non-hydrogen) atoms. The lowest BCUT2D eigenvalue weighted by Crippen LogP contribution is -2.16. The predicted octanol–water partition coefficient (Wildman–Crippen LogP) is 3.64. The van der Waals surface area contributed by atoms with Crippen LogP contribution in [0.4, 0.5) is 8.78 Å². The minimum atomic E-state index is -0.675. The van der Waals surface area contributed by atoms with E-state index >= 15 is 0 Å². The molecular weight excluding hydrogens is 284 g/mol. The van der Waals surface area contributed by atoms with Gasteiger partial charge in [-0.25, -0.2) is 8.78 Å². The first-order valence-electron chi connectivity index (χ1n) is 6.32. The van der Waals surface area contributed by atoms with Crippen molar-refractivity contribution in [3.8, 4) is 0 Å². The van der Waals surface area contributed by atoms with Crippen molar-refractivity contribution in [3.63, 3.8) is 0 Å². The van der Waals surface area contributed by atoms with E-state index < -0.39 is 17.7 Å². The Balaban J connectivity index is 2.19. The van der Waals surface area contributed by atoms with Crippen LogP contribution >= 0.6 is 11.6 Å². The minimum Gasteiger partial charge on any atom is -0.324 e. The number of hydrogen-bond acceptors (Lipinski definition) is 2. The predicted molar refractivity (Wildman–Crippen MR) is 74.6 cm³/mol. The molecule has 0 radical (unpaired) electrons. The van der Waals surface area contributed by atoms with Crippen LogP contribution in [0.2, 0.25) is 5.02 Å². The molecule has 0 aliphatic carbocycles. The minimum absolute atomic E-state index is 0.103. The number of aromatic nitrogens is 2. The molecule has 0 aliphatic rings. The van der Waals surface area contributed by atoms with Crippen molar-refractivity contribution in [2.45, 2.75) is 32.4 Å². The van der Waals surface area contributed by atoms with Crippen LogP contribution in [0.15, 0.2) is 24.4 Å². The van der Waals surface area contributed by atoms with E-state index in [1.54, 1.807) is 4.68 Å². The second-order valence-corrected chi connectivity index (χ2v) is 5.39. The number of hydrogen-bond donors (Lipinski definition) is 1. The molecule has 2 N–H and O–H groups in total. The monoisotopic (exact) mass is 299 g/mol. The van der Waals surface area contributed by atoms with Crippen molar-refractivity contribution in [1.29, 1.82) is 0 Å². The van der Waals surface area contributed by atoms with E-state index in [0.29, 0.717) is 6.42 Å². The summed E-state index contributed by atoms with van der Waals surface area (Å²) in [5.41, 5.74) is 6.77. The largest absolute Gasteiger partial charge is 0.324 e. The smallest absolute Gasteiger partial charge is 0.142 e. The molecule has 0 spiro atoms. The lowest BCUT2D eigenvalue weighted by atomic mass is 10.0. The lowest BCUT2D eigenvalue weighted by Gasteiger charge is -2.12. The van der Waals surface area contributed by atoms with Crippen molar-refractivity contribution < 1.29 is 8.78 Å². The van der Waals surface area contributed by atoms with Gasteiger partial charge in [-0.3, -0.25) is 4.68 Å². The fraction of sp³-hybridized carbons (Fsp3) is 0.357. The number of halogens is 3. The molecule has 2 rings (SSSR count). The molecule has 2 aromatic rings. The second kappa shape index (κ2) is 5.89. The lowest BCUT2D eigenvalue weighted by molar-refractivity contribution is 0.518. The summed E-state index contributed by atoms with van der Waals surface area (Å²) in [6, 6.07) is 3.38. The molecule has 0 saturated carbocycles. The summed E-state index contributed by atoms with van der Waals surface area (Å²) in [5.74, 6) is -1.28. The quantitative estimate of drug-likeness (QED) is 0.876. The van der Waals surface area contributed by atoms with E-state index in [0.717, 1.165) is 17.8 Å². The van der Waals surface area contributed by atoms with Crippen LogP contribution < -0.4 is 5.73 Å². The highest BCUT2D eigenvalue weighted by Gasteiger charge is 2.16. The molecule has 1 atom stereocenters. The van der Waals surface area contributed by atoms with E-state index in [4.69, 9.17) is 17.3 Å². The number of nitrogens with two attached hydrogens (primary N) is 1. The maximum atomic E-state index is 13.8. The first-order chi connectivity index (χ1) is 9.38. The van der Waals surface area contributed by atoms with Crippen LogP contribution in [0.25, 0.3) is 0 Å². The third-order valence-corrected chi connectivity index (χ3v) is 3.35. The molecule has 3 nitrogen and oxygen atoms in total. The number of nitrogens with zero attached hydrogens (tertiary/aromatic N) is 2. The molecule has 1 aromatic carbocycles. The molecule has 1 heterocycles. The zero-order valence-electron chi connectivity index (χ0n) is 11.3. The first-order valence-corrected chi connectivity index (χ1v) is 6.70. The Hall–Kier alpha value is -1.46. The van der Waals surface area contributed by atoms with Gasteiger partial charge in [-0.05, 0) is 32.0 Å². The van der Waals surface area contributed by atoms with Gasteiger partial charge in [0.05, 0.1) is 10.7 Å². The maximum Gasteiger partial charge on any atom is 0.142 e. The first kappa shape index (κ1) is 14.9. The van der Waals surface area contributed by atoms with Gasteiger partial charge >= 0.3 is 0 Å². The molecule has 0 bridgehead atoms. The average molecular weight is 300 g/mol. The SMILES string of the molecule is CC(C)n1ccc(CC(N)c2cc(F)c(Cl)cc2F)n1. The average Bonchev–Trinajstić information content (AvgIpc) is 2.82. The van der Waals surface area contributed by atoms with E-state index in [1.165, 1.54) is 0 Å². The molecule has 0 saturated heterocycles. The molecule has 6 heteroatoms. The van der Waals surface area contributed by atoms with E-state index in [1.807, 2.05) is 26.1 Å². The molecule has 0 aliphatic heterocycles. The van der Waals surface area contributed by atoms with Crippen LogP contribution in [-0.4, -0.2) is 9.78 Å². The summed E-state index contributed by atoms with van der Waals surface area (Å²) >= 11 is 5.52. The fourth-order valence-corrected chi connectivity index (χ4v) is 2.08. The standard InChI is InChI=1S/C14H16ClF2N3/c1-8(2)20-4-3-9(19-20)5-14(18)10-6-13(17)11(15)7-12(10)16/h3-4,6-8,14H,5,18H2,1-2H3. The topological polar surface area (TPSA) is 43.8 Å². The highest BCUT2D eigenvalue weighted by atomic mass is 35.5. The highest BCUT2D eigenvalue weighted by Crippen LogP contribution is 2.24. The zero-order valence-corrected chi connectivity index (χ0v) is 12.0. The van der Waals surface area contributed by atoms with Gasteiger partial charge in [0.25, 0.3) is 0 Å². The van der Waals surface area contributed by atoms with E-state index in [9.17, 15) is 8.78 Å². The van der Waals surface area contributed by atoms with Crippen LogP contribution in [0, 0.1) is 11.6 Å². The maximum absolute atomic E-state index is 13.8. The Kier molecular flexibility index (Phi) is 4.40. The van der Waals surface area contributed by atoms with Gasteiger partial charge < -0.3 is 5.73 Å². The van der Waals surface area contributed by atoms with Crippen LogP contribution in [0.1, 0.15) is 37.2 Å². The molecule has 1 unspecified atom stereocenters. The van der Waals surface area contributed by atoms with E-state index in [-0.39, 0.29) is 16.6 Å². The summed E-state index contributed by atoms with van der Waals surface area (Å²) < 4.78 is 28.9. The van der Waals surface area contributed by atoms with Gasteiger partial charge in [0.2, 0.25) is 0 Å². The highest BCUT2D eigenvalue weighted by molar-refractivity contribution is 6.30. The van der Waals surface area contributed by atoms with Crippen LogP contribution in [0.5, 0.6) is 0 Å². The van der Waals surface area contributed by atoms with Gasteiger partial charge in [-0.15, -0.1) is 0 Å². The summed E-state index contributed by atoms with van der Waals surface area (Å²) in [7, 11) is 0. The normalized spacial score (nSPS) is 12.9. The van der Waals surface area contributed by atoms with Crippen molar-refractivity contribution >= 4 is 11.6 Å². The fourth-order valence-electron chi connectivity index (χ4n) is 1.93. The Bertz CT molecular complexity index is 610. The number of benzene rings is 1. The third kappa shape index (κ3) is 3.16. The van der Waals surface area contributed by atoms with Crippen LogP contribution in [0.3, 0.4) is 0 Å². The second-order valence-electron chi connectivity index (χ2n) is 4.98. The number of rotatable bonds is 4. The van der Waals surface area contributed by atoms with Gasteiger partial charge in [0.1, 0.15) is 11.6 Å². The van der Waals surface area contributed by atoms with E-state index in [2.05, 4.69) is 5.10 Å². The molecule has 108 valence electrons. The third-order valence-electron chi connectivity index (χ3n) is 3.06. The Morgan fingerprint density at radius 2 is 2.00 bits per heavy atom. The van der Waals surface area contributed by atoms with Crippen LogP contribution in [-0.2, 0) is 6.42 Å². The zero-order chi connectivity index (χ0) is 14.9. The summed E-state index contributed by atoms with van der Waals surface area (Å²) in [5, 5.41) is 4.09. The molecule has 0 fully saturated rings. The Morgan fingerprint density at radius 3 is 2.60 bits per heavy atom. The summed E-state index contributed by atoms with van der Waals surface area (Å²) in [6.07, 6.45) is 2.17. The van der Waals surface area contributed by atoms with Gasteiger partial charge in [0, 0.05) is 30.3 Å². The Morgan fingerprint density at radius 1 is 1.30 bits per heavy atom. The van der Waals surface area contributed by atoms with Crippen molar-refractivity contribution in [2.24, 2.45) is 5.73 Å². The van der Waals surface area contributed by atoms with Crippen molar-refractivity contribution in [3.05, 3.63) is 52.3 Å². The van der Waals surface area contributed by atoms with Crippen molar-refractivity contribution in [2.75, 3.05) is 0 Å². The molecule has 0 amide bonds. The van der Waals surface area contributed by atoms with Crippen molar-refractivity contribution in [1.82, 2.24) is 9.78 Å². The summed E-state index contributed by atoms with van der Waals surface area (Å²) in [6.45, 7) is 4.01.